The summed E-state index contributed by atoms with van der Waals surface area (Å²) in [6, 6.07) is 17.5. The maximum atomic E-state index is 14.5. The molecule has 0 saturated carbocycles. The molecule has 0 aliphatic carbocycles. The number of para-hydroxylation sites is 2. The molecule has 0 aliphatic rings. The number of fused-ring (bicyclic) bond motifs is 1. The summed E-state index contributed by atoms with van der Waals surface area (Å²) < 4.78 is 34.7. The van der Waals surface area contributed by atoms with E-state index >= 15 is 0 Å². The highest BCUT2D eigenvalue weighted by Gasteiger charge is 2.17. The van der Waals surface area contributed by atoms with Gasteiger partial charge in [0, 0.05) is 5.56 Å². The molecular formula is C20H10F2N2O. The highest BCUT2D eigenvalue weighted by atomic mass is 19.1. The molecule has 5 heteroatoms. The fraction of sp³-hybridized carbons (Fsp3) is 0. The van der Waals surface area contributed by atoms with Crippen molar-refractivity contribution in [2.75, 3.05) is 0 Å². The Labute approximate surface area is 141 Å². The van der Waals surface area contributed by atoms with E-state index in [-0.39, 0.29) is 17.0 Å². The van der Waals surface area contributed by atoms with E-state index in [9.17, 15) is 8.78 Å². The highest BCUT2D eigenvalue weighted by Crippen LogP contribution is 2.32. The van der Waals surface area contributed by atoms with Gasteiger partial charge in [0.15, 0.2) is 5.58 Å². The van der Waals surface area contributed by atoms with Crippen molar-refractivity contribution in [2.45, 2.75) is 0 Å². The molecule has 25 heavy (non-hydrogen) atoms. The zero-order valence-corrected chi connectivity index (χ0v) is 12.8. The Morgan fingerprint density at radius 2 is 1.56 bits per heavy atom. The van der Waals surface area contributed by atoms with E-state index in [0.29, 0.717) is 22.2 Å². The van der Waals surface area contributed by atoms with Crippen LogP contribution in [0.2, 0.25) is 0 Å². The molecule has 3 aromatic carbocycles. The molecule has 1 heterocycles. The first-order valence-corrected chi connectivity index (χ1v) is 7.51. The van der Waals surface area contributed by atoms with Gasteiger partial charge in [-0.15, -0.1) is 0 Å². The standard InChI is InChI=1S/C20H10F2N2O/c21-15-9-14(20-24-17-3-1-2-4-18(17)25-20)10-16(22)19(15)13-7-5-12(11-23)6-8-13/h1-10H. The number of rotatable bonds is 2. The SMILES string of the molecule is N#Cc1ccc(-c2c(F)cc(-c3nc4ccccc4o3)cc2F)cc1. The minimum atomic E-state index is -0.720. The molecule has 0 spiro atoms. The van der Waals surface area contributed by atoms with Crippen LogP contribution in [-0.2, 0) is 0 Å². The summed E-state index contributed by atoms with van der Waals surface area (Å²) in [6.07, 6.45) is 0. The van der Waals surface area contributed by atoms with Gasteiger partial charge in [-0.05, 0) is 42.0 Å². The monoisotopic (exact) mass is 332 g/mol. The number of nitrogens with zero attached hydrogens (tertiary/aromatic N) is 2. The summed E-state index contributed by atoms with van der Waals surface area (Å²) >= 11 is 0. The lowest BCUT2D eigenvalue weighted by Gasteiger charge is -2.07. The van der Waals surface area contributed by atoms with Gasteiger partial charge in [0.1, 0.15) is 17.2 Å². The van der Waals surface area contributed by atoms with Crippen LogP contribution < -0.4 is 0 Å². The van der Waals surface area contributed by atoms with Gasteiger partial charge >= 0.3 is 0 Å². The third-order valence-corrected chi connectivity index (χ3v) is 3.89. The number of aromatic nitrogens is 1. The van der Waals surface area contributed by atoms with Crippen molar-refractivity contribution in [1.82, 2.24) is 4.98 Å². The predicted molar refractivity (Wildman–Crippen MR) is 89.5 cm³/mol. The van der Waals surface area contributed by atoms with Crippen molar-refractivity contribution in [3.63, 3.8) is 0 Å². The smallest absolute Gasteiger partial charge is 0.227 e. The van der Waals surface area contributed by atoms with Gasteiger partial charge in [0.05, 0.1) is 17.2 Å². The first-order valence-electron chi connectivity index (χ1n) is 7.51. The van der Waals surface area contributed by atoms with Gasteiger partial charge in [-0.25, -0.2) is 13.8 Å². The minimum Gasteiger partial charge on any atom is -0.436 e. The number of halogens is 2. The van der Waals surface area contributed by atoms with E-state index in [2.05, 4.69) is 4.98 Å². The first kappa shape index (κ1) is 15.0. The normalized spacial score (nSPS) is 10.8. The largest absolute Gasteiger partial charge is 0.436 e. The molecule has 0 N–H and O–H groups in total. The number of oxazole rings is 1. The Morgan fingerprint density at radius 3 is 2.20 bits per heavy atom. The van der Waals surface area contributed by atoms with Crippen LogP contribution in [0.25, 0.3) is 33.7 Å². The molecule has 1 aromatic heterocycles. The van der Waals surface area contributed by atoms with E-state index in [1.807, 2.05) is 12.1 Å². The molecule has 0 fully saturated rings. The van der Waals surface area contributed by atoms with Crippen LogP contribution in [-0.4, -0.2) is 4.98 Å². The van der Waals surface area contributed by atoms with Crippen LogP contribution in [0.3, 0.4) is 0 Å². The van der Waals surface area contributed by atoms with Crippen molar-refractivity contribution in [3.05, 3.63) is 77.9 Å². The zero-order chi connectivity index (χ0) is 17.4. The van der Waals surface area contributed by atoms with Crippen molar-refractivity contribution < 1.29 is 13.2 Å². The van der Waals surface area contributed by atoms with E-state index in [4.69, 9.17) is 9.68 Å². The zero-order valence-electron chi connectivity index (χ0n) is 12.8. The number of benzene rings is 3. The molecular weight excluding hydrogens is 322 g/mol. The Hall–Kier alpha value is -3.52. The first-order chi connectivity index (χ1) is 12.2. The fourth-order valence-corrected chi connectivity index (χ4v) is 2.68. The van der Waals surface area contributed by atoms with E-state index in [1.165, 1.54) is 36.4 Å². The van der Waals surface area contributed by atoms with Gasteiger partial charge < -0.3 is 4.42 Å². The van der Waals surface area contributed by atoms with Crippen LogP contribution in [0.1, 0.15) is 5.56 Å². The van der Waals surface area contributed by atoms with Gasteiger partial charge in [-0.1, -0.05) is 24.3 Å². The Kier molecular flexibility index (Phi) is 3.51. The van der Waals surface area contributed by atoms with Crippen molar-refractivity contribution in [2.24, 2.45) is 0 Å². The quantitative estimate of drug-likeness (QED) is 0.500. The lowest BCUT2D eigenvalue weighted by Crippen LogP contribution is -1.92. The minimum absolute atomic E-state index is 0.149. The van der Waals surface area contributed by atoms with E-state index in [0.717, 1.165) is 0 Å². The third-order valence-electron chi connectivity index (χ3n) is 3.89. The van der Waals surface area contributed by atoms with Crippen molar-refractivity contribution >= 4 is 11.1 Å². The van der Waals surface area contributed by atoms with Crippen molar-refractivity contribution in [1.29, 1.82) is 5.26 Å². The maximum absolute atomic E-state index is 14.5. The summed E-state index contributed by atoms with van der Waals surface area (Å²) in [7, 11) is 0. The van der Waals surface area contributed by atoms with Gasteiger partial charge in [-0.2, -0.15) is 5.26 Å². The topological polar surface area (TPSA) is 49.8 Å². The molecule has 0 bridgehead atoms. The van der Waals surface area contributed by atoms with Crippen molar-refractivity contribution in [3.8, 4) is 28.7 Å². The maximum Gasteiger partial charge on any atom is 0.227 e. The van der Waals surface area contributed by atoms with Gasteiger partial charge in [0.25, 0.3) is 0 Å². The summed E-state index contributed by atoms with van der Waals surface area (Å²) in [4.78, 5) is 4.25. The molecule has 120 valence electrons. The van der Waals surface area contributed by atoms with E-state index < -0.39 is 11.6 Å². The molecule has 3 nitrogen and oxygen atoms in total. The summed E-state index contributed by atoms with van der Waals surface area (Å²) in [5, 5.41) is 8.82. The van der Waals surface area contributed by atoms with Gasteiger partial charge in [-0.3, -0.25) is 0 Å². The second kappa shape index (κ2) is 5.84. The number of hydrogen-bond donors (Lipinski definition) is 0. The van der Waals surface area contributed by atoms with Crippen LogP contribution in [0.5, 0.6) is 0 Å². The second-order valence-electron chi connectivity index (χ2n) is 5.49. The molecule has 0 radical (unpaired) electrons. The Morgan fingerprint density at radius 1 is 0.880 bits per heavy atom. The molecule has 0 saturated heterocycles. The van der Waals surface area contributed by atoms with Crippen LogP contribution in [0.4, 0.5) is 8.78 Å². The predicted octanol–water partition coefficient (Wildman–Crippen LogP) is 5.31. The number of hydrogen-bond acceptors (Lipinski definition) is 3. The second-order valence-corrected chi connectivity index (χ2v) is 5.49. The molecule has 4 aromatic rings. The molecule has 0 atom stereocenters. The number of nitriles is 1. The lowest BCUT2D eigenvalue weighted by atomic mass is 10.0. The van der Waals surface area contributed by atoms with Crippen LogP contribution in [0.15, 0.2) is 65.1 Å². The lowest BCUT2D eigenvalue weighted by molar-refractivity contribution is 0.583. The summed E-state index contributed by atoms with van der Waals surface area (Å²) in [5.41, 5.74) is 2.03. The summed E-state index contributed by atoms with van der Waals surface area (Å²) in [5.74, 6) is -1.28. The van der Waals surface area contributed by atoms with E-state index in [1.54, 1.807) is 18.2 Å². The molecule has 4 rings (SSSR count). The molecule has 0 aliphatic heterocycles. The van der Waals surface area contributed by atoms with Gasteiger partial charge in [0.2, 0.25) is 5.89 Å². The highest BCUT2D eigenvalue weighted by molar-refractivity contribution is 5.77. The average molecular weight is 332 g/mol. The molecule has 0 amide bonds. The molecule has 0 unspecified atom stereocenters. The van der Waals surface area contributed by atoms with Crippen LogP contribution >= 0.6 is 0 Å². The Bertz CT molecular complexity index is 1070. The summed E-state index contributed by atoms with van der Waals surface area (Å²) in [6.45, 7) is 0. The fourth-order valence-electron chi connectivity index (χ4n) is 2.68. The Balaban J connectivity index is 1.81. The van der Waals surface area contributed by atoms with Crippen LogP contribution in [0, 0.1) is 23.0 Å². The average Bonchev–Trinajstić information content (AvgIpc) is 3.06. The third kappa shape index (κ3) is 2.64.